The van der Waals surface area contributed by atoms with Gasteiger partial charge in [-0.3, -0.25) is 14.4 Å². The van der Waals surface area contributed by atoms with Crippen LogP contribution in [0.5, 0.6) is 5.75 Å². The number of amides is 2. The topological polar surface area (TPSA) is 149 Å². The third-order valence-electron chi connectivity index (χ3n) is 7.18. The molecule has 0 saturated carbocycles. The minimum atomic E-state index is -3.96. The van der Waals surface area contributed by atoms with Crippen molar-refractivity contribution in [1.82, 2.24) is 34.1 Å². The number of rotatable bonds is 3. The summed E-state index contributed by atoms with van der Waals surface area (Å²) < 4.78 is 36.5. The van der Waals surface area contributed by atoms with Crippen LogP contribution in [-0.4, -0.2) is 89.3 Å². The fourth-order valence-corrected chi connectivity index (χ4v) is 6.86. The first-order valence-electron chi connectivity index (χ1n) is 12.5. The van der Waals surface area contributed by atoms with Crippen molar-refractivity contribution in [2.75, 3.05) is 40.3 Å². The van der Waals surface area contributed by atoms with Crippen molar-refractivity contribution < 1.29 is 22.7 Å². The third kappa shape index (κ3) is 5.33. The van der Waals surface area contributed by atoms with Gasteiger partial charge in [-0.1, -0.05) is 16.8 Å². The van der Waals surface area contributed by atoms with Crippen LogP contribution < -0.4 is 15.6 Å². The number of hydrogen-bond acceptors (Lipinski definition) is 8. The Morgan fingerprint density at radius 1 is 1.15 bits per heavy atom. The molecule has 1 N–H and O–H groups in total. The van der Waals surface area contributed by atoms with Gasteiger partial charge < -0.3 is 19.5 Å². The van der Waals surface area contributed by atoms with Crippen LogP contribution >= 0.6 is 11.6 Å². The molecule has 0 aliphatic carbocycles. The van der Waals surface area contributed by atoms with Gasteiger partial charge in [0.1, 0.15) is 17.0 Å². The monoisotopic (exact) mass is 589 g/mol. The van der Waals surface area contributed by atoms with Crippen LogP contribution in [0.4, 0.5) is 0 Å². The maximum absolute atomic E-state index is 13.6. The molecule has 13 nitrogen and oxygen atoms in total. The molecule has 1 aromatic carbocycles. The zero-order valence-corrected chi connectivity index (χ0v) is 23.4. The number of nitrogens with one attached hydrogen (secondary N) is 1. The zero-order valence-electron chi connectivity index (χ0n) is 21.9. The molecule has 0 spiro atoms. The second-order valence-corrected chi connectivity index (χ2v) is 12.1. The van der Waals surface area contributed by atoms with Gasteiger partial charge in [0.05, 0.1) is 35.8 Å². The number of pyridine rings is 1. The molecule has 1 fully saturated rings. The summed E-state index contributed by atoms with van der Waals surface area (Å²) in [7, 11) is -0.963. The molecule has 0 unspecified atom stereocenters. The highest BCUT2D eigenvalue weighted by molar-refractivity contribution is 7.89. The number of likely N-dealkylation sites (N-methyl/N-ethyl adjacent to an activating group) is 1. The zero-order chi connectivity index (χ0) is 28.6. The van der Waals surface area contributed by atoms with Crippen LogP contribution in [0.1, 0.15) is 28.5 Å². The van der Waals surface area contributed by atoms with Gasteiger partial charge in [0, 0.05) is 51.8 Å². The molecule has 2 aliphatic heterocycles. The van der Waals surface area contributed by atoms with E-state index < -0.39 is 33.4 Å². The summed E-state index contributed by atoms with van der Waals surface area (Å²) in [6.45, 7) is 0.541. The summed E-state index contributed by atoms with van der Waals surface area (Å²) in [6.07, 6.45) is 3.23. The van der Waals surface area contributed by atoms with Crippen molar-refractivity contribution in [2.24, 2.45) is 5.92 Å². The number of fused-ring (bicyclic) bond motifs is 6. The van der Waals surface area contributed by atoms with Gasteiger partial charge in [0.25, 0.3) is 11.5 Å². The van der Waals surface area contributed by atoms with Crippen LogP contribution in [0.25, 0.3) is 0 Å². The number of benzene rings is 1. The number of aromatic nitrogens is 4. The van der Waals surface area contributed by atoms with E-state index in [1.54, 1.807) is 30.2 Å². The number of methoxy groups -OCH3 is 1. The number of nitrogens with zero attached hydrogens (tertiary/aromatic N) is 6. The first-order valence-corrected chi connectivity index (χ1v) is 14.4. The Morgan fingerprint density at radius 2 is 1.95 bits per heavy atom. The van der Waals surface area contributed by atoms with E-state index in [0.717, 1.165) is 0 Å². The van der Waals surface area contributed by atoms with Crippen LogP contribution in [0.2, 0.25) is 5.02 Å². The first kappa shape index (κ1) is 27.8. The lowest BCUT2D eigenvalue weighted by Crippen LogP contribution is -2.39. The number of ether oxygens (including phenoxy) is 1. The standard InChI is InChI=1S/C25H28ClN7O6S/c1-30-9-7-27-23(34)10-16-12-32(40(37,38)18-5-6-22(39-2)20(26)11-18)15-21(16)33-14-17(28-29-33)13-31-8-3-4-19(24(30)35)25(31)36/h3-6,8,11,14,16,21H,7,9-10,12-13,15H2,1-2H3,(H,27,34)/t16-,21+/m0/s1. The van der Waals surface area contributed by atoms with E-state index >= 15 is 0 Å². The largest absolute Gasteiger partial charge is 0.495 e. The Morgan fingerprint density at radius 3 is 2.70 bits per heavy atom. The summed E-state index contributed by atoms with van der Waals surface area (Å²) >= 11 is 6.20. The molecule has 15 heteroatoms. The predicted molar refractivity (Wildman–Crippen MR) is 144 cm³/mol. The lowest BCUT2D eigenvalue weighted by molar-refractivity contribution is -0.122. The lowest BCUT2D eigenvalue weighted by Gasteiger charge is -2.20. The Kier molecular flexibility index (Phi) is 7.66. The van der Waals surface area contributed by atoms with E-state index in [1.807, 2.05) is 0 Å². The van der Waals surface area contributed by atoms with Crippen molar-refractivity contribution in [3.8, 4) is 5.75 Å². The molecule has 2 amide bonds. The highest BCUT2D eigenvalue weighted by Gasteiger charge is 2.42. The van der Waals surface area contributed by atoms with Gasteiger partial charge in [-0.05, 0) is 30.3 Å². The summed E-state index contributed by atoms with van der Waals surface area (Å²) in [5.74, 6) is -0.821. The smallest absolute Gasteiger partial charge is 0.263 e. The molecule has 5 rings (SSSR count). The average molecular weight is 590 g/mol. The molecule has 212 valence electrons. The second kappa shape index (κ2) is 11.0. The predicted octanol–water partition coefficient (Wildman–Crippen LogP) is 0.604. The van der Waals surface area contributed by atoms with Gasteiger partial charge in [0.15, 0.2) is 0 Å². The lowest BCUT2D eigenvalue weighted by atomic mass is 9.99. The highest BCUT2D eigenvalue weighted by Crippen LogP contribution is 2.35. The van der Waals surface area contributed by atoms with E-state index in [4.69, 9.17) is 16.3 Å². The molecular formula is C25H28ClN7O6S. The first-order chi connectivity index (χ1) is 19.1. The van der Waals surface area contributed by atoms with E-state index in [1.165, 1.54) is 45.1 Å². The Labute approximate surface area is 235 Å². The van der Waals surface area contributed by atoms with E-state index in [-0.39, 0.29) is 60.5 Å². The second-order valence-electron chi connectivity index (χ2n) is 9.77. The van der Waals surface area contributed by atoms with E-state index in [2.05, 4.69) is 15.6 Å². The van der Waals surface area contributed by atoms with Crippen molar-refractivity contribution in [2.45, 2.75) is 23.9 Å². The maximum atomic E-state index is 13.6. The van der Waals surface area contributed by atoms with E-state index in [9.17, 15) is 22.8 Å². The summed E-state index contributed by atoms with van der Waals surface area (Å²) in [6, 6.07) is 6.83. The van der Waals surface area contributed by atoms with Crippen molar-refractivity contribution in [3.63, 3.8) is 0 Å². The molecule has 0 radical (unpaired) electrons. The molecule has 40 heavy (non-hydrogen) atoms. The van der Waals surface area contributed by atoms with Gasteiger partial charge in [0.2, 0.25) is 15.9 Å². The van der Waals surface area contributed by atoms with E-state index in [0.29, 0.717) is 11.4 Å². The molecule has 2 aromatic heterocycles. The minimum Gasteiger partial charge on any atom is -0.495 e. The summed E-state index contributed by atoms with van der Waals surface area (Å²) in [5.41, 5.74) is -0.0241. The van der Waals surface area contributed by atoms with Gasteiger partial charge in [-0.2, -0.15) is 4.31 Å². The van der Waals surface area contributed by atoms with Crippen LogP contribution in [-0.2, 0) is 21.4 Å². The van der Waals surface area contributed by atoms with Crippen LogP contribution in [0.3, 0.4) is 0 Å². The maximum Gasteiger partial charge on any atom is 0.263 e. The molecule has 4 heterocycles. The average Bonchev–Trinajstić information content (AvgIpc) is 3.56. The number of carbonyl (C=O) groups is 2. The highest BCUT2D eigenvalue weighted by atomic mass is 35.5. The molecule has 1 saturated heterocycles. The van der Waals surface area contributed by atoms with Crippen molar-refractivity contribution >= 4 is 33.4 Å². The summed E-state index contributed by atoms with van der Waals surface area (Å²) in [4.78, 5) is 40.2. The van der Waals surface area contributed by atoms with Crippen LogP contribution in [0, 0.1) is 5.92 Å². The quantitative estimate of drug-likeness (QED) is 0.467. The van der Waals surface area contributed by atoms with Gasteiger partial charge >= 0.3 is 0 Å². The molecule has 2 atom stereocenters. The Hall–Kier alpha value is -3.75. The molecular weight excluding hydrogens is 562 g/mol. The minimum absolute atomic E-state index is 0.00570. The normalized spacial score (nSPS) is 20.7. The molecule has 2 aliphatic rings. The van der Waals surface area contributed by atoms with Gasteiger partial charge in [-0.25, -0.2) is 13.1 Å². The Balaban J connectivity index is 1.48. The fraction of sp³-hybridized carbons (Fsp3) is 0.400. The van der Waals surface area contributed by atoms with Crippen molar-refractivity contribution in [1.29, 1.82) is 0 Å². The number of carbonyl (C=O) groups excluding carboxylic acids is 2. The van der Waals surface area contributed by atoms with Crippen LogP contribution in [0.15, 0.2) is 52.4 Å². The fourth-order valence-electron chi connectivity index (χ4n) is 5.00. The number of halogens is 1. The molecule has 3 aromatic rings. The van der Waals surface area contributed by atoms with Crippen molar-refractivity contribution in [3.05, 3.63) is 69.4 Å². The molecule has 4 bridgehead atoms. The number of hydrogen-bond donors (Lipinski definition) is 1. The van der Waals surface area contributed by atoms with Gasteiger partial charge in [-0.15, -0.1) is 5.10 Å². The summed E-state index contributed by atoms with van der Waals surface area (Å²) in [5, 5.41) is 11.4. The third-order valence-corrected chi connectivity index (χ3v) is 9.30. The Bertz CT molecular complexity index is 1620. The SMILES string of the molecule is COc1ccc(S(=O)(=O)N2C[C@@H]3CC(=O)NCCN(C)C(=O)c4cccn(c4=O)Cc4cn(nn4)[C@@H]3C2)cc1Cl. The number of sulfonamides is 1.